The smallest absolute Gasteiger partial charge is 0.220 e. The van der Waals surface area contributed by atoms with Crippen LogP contribution in [0.4, 0.5) is 5.69 Å². The molecule has 0 aromatic heterocycles. The molecular formula is C20H26N2O2. The Bertz CT molecular complexity index is 629. The maximum Gasteiger partial charge on any atom is 0.220 e. The van der Waals surface area contributed by atoms with Gasteiger partial charge in [-0.1, -0.05) is 48.5 Å². The molecule has 0 heterocycles. The summed E-state index contributed by atoms with van der Waals surface area (Å²) in [5.41, 5.74) is 8.81. The third-order valence-electron chi connectivity index (χ3n) is 3.96. The third kappa shape index (κ3) is 6.05. The lowest BCUT2D eigenvalue weighted by atomic mass is 10.1. The van der Waals surface area contributed by atoms with Crippen LogP contribution in [0.3, 0.4) is 0 Å². The molecule has 1 atom stereocenters. The zero-order chi connectivity index (χ0) is 17.2. The third-order valence-corrected chi connectivity index (χ3v) is 3.96. The minimum absolute atomic E-state index is 0.0503. The van der Waals surface area contributed by atoms with E-state index in [1.54, 1.807) is 0 Å². The predicted octanol–water partition coefficient (Wildman–Crippen LogP) is 3.49. The summed E-state index contributed by atoms with van der Waals surface area (Å²) < 4.78 is 5.79. The number of amides is 1. The van der Waals surface area contributed by atoms with Gasteiger partial charge in [0.2, 0.25) is 5.91 Å². The van der Waals surface area contributed by atoms with Gasteiger partial charge < -0.3 is 15.8 Å². The second-order valence-corrected chi connectivity index (χ2v) is 5.83. The number of nitrogens with one attached hydrogen (secondary N) is 1. The Labute approximate surface area is 144 Å². The number of nitrogens with two attached hydrogens (primary N) is 1. The number of hydrogen-bond donors (Lipinski definition) is 2. The van der Waals surface area contributed by atoms with Crippen LogP contribution in [0.5, 0.6) is 0 Å². The summed E-state index contributed by atoms with van der Waals surface area (Å²) in [6.07, 6.45) is 1.99. The summed E-state index contributed by atoms with van der Waals surface area (Å²) in [6.45, 7) is 3.30. The maximum absolute atomic E-state index is 11.9. The molecule has 2 rings (SSSR count). The van der Waals surface area contributed by atoms with Crippen molar-refractivity contribution in [1.29, 1.82) is 0 Å². The number of nitrogen functional groups attached to an aromatic ring is 1. The average Bonchev–Trinajstić information content (AvgIpc) is 2.61. The number of ether oxygens (including phenoxy) is 1. The zero-order valence-electron chi connectivity index (χ0n) is 14.2. The Kier molecular flexibility index (Phi) is 7.30. The summed E-state index contributed by atoms with van der Waals surface area (Å²) >= 11 is 0. The Morgan fingerprint density at radius 3 is 2.58 bits per heavy atom. The zero-order valence-corrected chi connectivity index (χ0v) is 14.2. The van der Waals surface area contributed by atoms with Gasteiger partial charge in [-0.05, 0) is 37.0 Å². The number of rotatable bonds is 9. The first-order valence-electron chi connectivity index (χ1n) is 8.43. The van der Waals surface area contributed by atoms with E-state index in [0.717, 1.165) is 17.7 Å². The highest BCUT2D eigenvalue weighted by Crippen LogP contribution is 2.15. The minimum Gasteiger partial charge on any atom is -0.399 e. The van der Waals surface area contributed by atoms with Gasteiger partial charge in [0.1, 0.15) is 0 Å². The van der Waals surface area contributed by atoms with Gasteiger partial charge in [-0.3, -0.25) is 4.79 Å². The first kappa shape index (κ1) is 18.0. The van der Waals surface area contributed by atoms with E-state index in [0.29, 0.717) is 26.0 Å². The average molecular weight is 326 g/mol. The van der Waals surface area contributed by atoms with E-state index in [9.17, 15) is 4.79 Å². The molecule has 4 heteroatoms. The van der Waals surface area contributed by atoms with E-state index in [1.807, 2.05) is 49.4 Å². The molecule has 3 N–H and O–H groups in total. The molecule has 4 nitrogen and oxygen atoms in total. The molecule has 24 heavy (non-hydrogen) atoms. The molecule has 1 amide bonds. The molecule has 2 aromatic rings. The topological polar surface area (TPSA) is 64.3 Å². The van der Waals surface area contributed by atoms with Gasteiger partial charge in [0.05, 0.1) is 6.10 Å². The van der Waals surface area contributed by atoms with E-state index >= 15 is 0 Å². The maximum atomic E-state index is 11.9. The highest BCUT2D eigenvalue weighted by molar-refractivity contribution is 5.76. The van der Waals surface area contributed by atoms with Gasteiger partial charge in [-0.25, -0.2) is 0 Å². The molecule has 1 unspecified atom stereocenters. The van der Waals surface area contributed by atoms with Crippen LogP contribution in [0.2, 0.25) is 0 Å². The Balaban J connectivity index is 1.57. The molecule has 0 aliphatic rings. The van der Waals surface area contributed by atoms with Crippen LogP contribution in [0, 0.1) is 0 Å². The highest BCUT2D eigenvalue weighted by atomic mass is 16.5. The van der Waals surface area contributed by atoms with Crippen LogP contribution in [-0.4, -0.2) is 19.1 Å². The number of aryl methyl sites for hydroxylation is 1. The van der Waals surface area contributed by atoms with E-state index in [1.165, 1.54) is 5.56 Å². The number of benzene rings is 2. The van der Waals surface area contributed by atoms with E-state index in [4.69, 9.17) is 10.5 Å². The number of para-hydroxylation sites is 1. The SMILES string of the molecule is CC(OCCCNC(=O)CCc1ccccc1N)c1ccccc1. The van der Waals surface area contributed by atoms with Gasteiger partial charge in [0.15, 0.2) is 0 Å². The molecule has 128 valence electrons. The second-order valence-electron chi connectivity index (χ2n) is 5.83. The fourth-order valence-corrected chi connectivity index (χ4v) is 2.48. The van der Waals surface area contributed by atoms with Crippen LogP contribution in [0.15, 0.2) is 54.6 Å². The molecular weight excluding hydrogens is 300 g/mol. The van der Waals surface area contributed by atoms with Gasteiger partial charge in [0, 0.05) is 25.3 Å². The van der Waals surface area contributed by atoms with Crippen LogP contribution in [0.25, 0.3) is 0 Å². The first-order valence-corrected chi connectivity index (χ1v) is 8.43. The predicted molar refractivity (Wildman–Crippen MR) is 97.6 cm³/mol. The molecule has 0 bridgehead atoms. The summed E-state index contributed by atoms with van der Waals surface area (Å²) in [7, 11) is 0. The number of carbonyl (C=O) groups is 1. The summed E-state index contributed by atoms with van der Waals surface area (Å²) in [5, 5.41) is 2.93. The van der Waals surface area contributed by atoms with Crippen LogP contribution >= 0.6 is 0 Å². The standard InChI is InChI=1S/C20H26N2O2/c1-16(17-8-3-2-4-9-17)24-15-7-14-22-20(23)13-12-18-10-5-6-11-19(18)21/h2-6,8-11,16H,7,12-15,21H2,1H3,(H,22,23). The molecule has 0 aliphatic heterocycles. The van der Waals surface area contributed by atoms with Crippen molar-refractivity contribution in [3.05, 3.63) is 65.7 Å². The highest BCUT2D eigenvalue weighted by Gasteiger charge is 2.06. The second kappa shape index (κ2) is 9.73. The van der Waals surface area contributed by atoms with Crippen molar-refractivity contribution in [3.63, 3.8) is 0 Å². The lowest BCUT2D eigenvalue weighted by molar-refractivity contribution is -0.121. The number of carbonyl (C=O) groups excluding carboxylic acids is 1. The summed E-state index contributed by atoms with van der Waals surface area (Å²) in [4.78, 5) is 11.9. The normalized spacial score (nSPS) is 11.9. The minimum atomic E-state index is 0.0503. The van der Waals surface area contributed by atoms with Gasteiger partial charge in [0.25, 0.3) is 0 Å². The van der Waals surface area contributed by atoms with Crippen LogP contribution < -0.4 is 11.1 Å². The van der Waals surface area contributed by atoms with Crippen molar-refractivity contribution in [2.24, 2.45) is 0 Å². The lowest BCUT2D eigenvalue weighted by Crippen LogP contribution is -2.25. The largest absolute Gasteiger partial charge is 0.399 e. The Morgan fingerprint density at radius 1 is 1.12 bits per heavy atom. The molecule has 0 spiro atoms. The molecule has 2 aromatic carbocycles. The lowest BCUT2D eigenvalue weighted by Gasteiger charge is -2.13. The molecule has 0 aliphatic carbocycles. The molecule has 0 saturated carbocycles. The first-order chi connectivity index (χ1) is 11.7. The molecule has 0 fully saturated rings. The number of hydrogen-bond acceptors (Lipinski definition) is 3. The van der Waals surface area contributed by atoms with Crippen molar-refractivity contribution in [2.75, 3.05) is 18.9 Å². The van der Waals surface area contributed by atoms with Crippen molar-refractivity contribution < 1.29 is 9.53 Å². The fraction of sp³-hybridized carbons (Fsp3) is 0.350. The Hall–Kier alpha value is -2.33. The Morgan fingerprint density at radius 2 is 1.83 bits per heavy atom. The summed E-state index contributed by atoms with van der Waals surface area (Å²) in [5.74, 6) is 0.0503. The van der Waals surface area contributed by atoms with Crippen molar-refractivity contribution in [1.82, 2.24) is 5.32 Å². The van der Waals surface area contributed by atoms with Crippen LogP contribution in [-0.2, 0) is 16.0 Å². The van der Waals surface area contributed by atoms with Gasteiger partial charge in [-0.15, -0.1) is 0 Å². The quantitative estimate of drug-likeness (QED) is 0.548. The van der Waals surface area contributed by atoms with Gasteiger partial charge in [-0.2, -0.15) is 0 Å². The van der Waals surface area contributed by atoms with Crippen molar-refractivity contribution in [2.45, 2.75) is 32.3 Å². The fourth-order valence-electron chi connectivity index (χ4n) is 2.48. The monoisotopic (exact) mass is 326 g/mol. The number of anilines is 1. The van der Waals surface area contributed by atoms with E-state index < -0.39 is 0 Å². The van der Waals surface area contributed by atoms with E-state index in [2.05, 4.69) is 17.4 Å². The van der Waals surface area contributed by atoms with Crippen molar-refractivity contribution >= 4 is 11.6 Å². The molecule has 0 saturated heterocycles. The molecule has 0 radical (unpaired) electrons. The van der Waals surface area contributed by atoms with Crippen molar-refractivity contribution in [3.8, 4) is 0 Å². The summed E-state index contributed by atoms with van der Waals surface area (Å²) in [6, 6.07) is 17.8. The van der Waals surface area contributed by atoms with Crippen LogP contribution in [0.1, 0.15) is 37.0 Å². The van der Waals surface area contributed by atoms with Gasteiger partial charge >= 0.3 is 0 Å². The van der Waals surface area contributed by atoms with E-state index in [-0.39, 0.29) is 12.0 Å².